The maximum Gasteiger partial charge on any atom is 0.416 e. The zero-order chi connectivity index (χ0) is 20.4. The van der Waals surface area contributed by atoms with Crippen molar-refractivity contribution in [1.82, 2.24) is 4.31 Å². The Balaban J connectivity index is 2.35. The highest BCUT2D eigenvalue weighted by Crippen LogP contribution is 2.31. The third kappa shape index (κ3) is 5.34. The van der Waals surface area contributed by atoms with E-state index in [4.69, 9.17) is 15.8 Å². The molecule has 0 heterocycles. The fourth-order valence-electron chi connectivity index (χ4n) is 1.91. The van der Waals surface area contributed by atoms with Gasteiger partial charge < -0.3 is 9.50 Å². The average molecular weight is 423 g/mol. The number of alkyl halides is 3. The lowest BCUT2D eigenvalue weighted by Crippen LogP contribution is -2.28. The molecule has 2 aromatic carbocycles. The van der Waals surface area contributed by atoms with Gasteiger partial charge in [0.05, 0.1) is 11.1 Å². The molecule has 0 aliphatic heterocycles. The van der Waals surface area contributed by atoms with Crippen molar-refractivity contribution in [2.75, 3.05) is 19.4 Å². The first-order valence-electron chi connectivity index (χ1n) is 7.30. The number of nitrogens with one attached hydrogen (secondary N) is 1. The first-order chi connectivity index (χ1) is 12.4. The molecule has 0 atom stereocenters. The number of hydrogen-bond donors (Lipinski definition) is 1. The molecule has 0 radical (unpaired) electrons. The molecular weight excluding hydrogens is 409 g/mol. The lowest BCUT2D eigenvalue weighted by Gasteiger charge is -2.15. The van der Waals surface area contributed by atoms with Gasteiger partial charge in [-0.3, -0.25) is 4.79 Å². The van der Waals surface area contributed by atoms with E-state index >= 15 is 0 Å². The summed E-state index contributed by atoms with van der Waals surface area (Å²) in [5, 5.41) is 2.38. The molecule has 27 heavy (non-hydrogen) atoms. The lowest BCUT2D eigenvalue weighted by atomic mass is 10.1. The van der Waals surface area contributed by atoms with Crippen LogP contribution in [0.1, 0.15) is 15.9 Å². The number of benzene rings is 2. The summed E-state index contributed by atoms with van der Waals surface area (Å²) in [4.78, 5) is 12.4. The molecular formula is C16H14ClF3N2O4S. The molecule has 0 saturated carbocycles. The van der Waals surface area contributed by atoms with Gasteiger partial charge in [0, 0.05) is 30.9 Å². The number of amides is 1. The predicted octanol–water partition coefficient (Wildman–Crippen LogP) is 3.80. The second-order valence-electron chi connectivity index (χ2n) is 5.50. The molecule has 146 valence electrons. The minimum atomic E-state index is -4.57. The number of rotatable bonds is 5. The Morgan fingerprint density at radius 3 is 2.41 bits per heavy atom. The summed E-state index contributed by atoms with van der Waals surface area (Å²) >= 11 is 5.82. The van der Waals surface area contributed by atoms with Crippen LogP contribution in [0.2, 0.25) is 5.02 Å². The number of halogens is 4. The van der Waals surface area contributed by atoms with Gasteiger partial charge in [-0.1, -0.05) is 17.7 Å². The number of hydrogen-bond acceptors (Lipinski definition) is 4. The molecule has 1 N–H and O–H groups in total. The molecule has 0 saturated heterocycles. The molecule has 0 aliphatic rings. The van der Waals surface area contributed by atoms with Crippen molar-refractivity contribution in [1.29, 1.82) is 0 Å². The summed E-state index contributed by atoms with van der Waals surface area (Å²) in [5.41, 5.74) is -1.28. The zero-order valence-electron chi connectivity index (χ0n) is 14.0. The van der Waals surface area contributed by atoms with Crippen molar-refractivity contribution < 1.29 is 30.6 Å². The molecule has 0 aliphatic carbocycles. The van der Waals surface area contributed by atoms with E-state index in [9.17, 15) is 26.4 Å². The van der Waals surface area contributed by atoms with Crippen LogP contribution in [0, 0.1) is 0 Å². The summed E-state index contributed by atoms with van der Waals surface area (Å²) in [7, 11) is -1.73. The van der Waals surface area contributed by atoms with Crippen molar-refractivity contribution >= 4 is 33.5 Å². The van der Waals surface area contributed by atoms with Gasteiger partial charge >= 0.3 is 16.5 Å². The van der Waals surface area contributed by atoms with Gasteiger partial charge in [-0.15, -0.1) is 0 Å². The van der Waals surface area contributed by atoms with Crippen LogP contribution in [0.5, 0.6) is 5.75 Å². The van der Waals surface area contributed by atoms with E-state index in [1.54, 1.807) is 0 Å². The van der Waals surface area contributed by atoms with Gasteiger partial charge in [-0.05, 0) is 30.3 Å². The third-order valence-corrected chi connectivity index (χ3v) is 4.80. The van der Waals surface area contributed by atoms with E-state index in [1.165, 1.54) is 32.3 Å². The number of nitrogens with zero attached hydrogens (tertiary/aromatic N) is 1. The van der Waals surface area contributed by atoms with E-state index in [-0.39, 0.29) is 22.0 Å². The number of anilines is 1. The third-order valence-electron chi connectivity index (χ3n) is 3.28. The Morgan fingerprint density at radius 2 is 1.81 bits per heavy atom. The van der Waals surface area contributed by atoms with E-state index in [1.807, 2.05) is 0 Å². The Kier molecular flexibility index (Phi) is 6.03. The van der Waals surface area contributed by atoms with E-state index < -0.39 is 28.0 Å². The topological polar surface area (TPSA) is 75.7 Å². The SMILES string of the molecule is CN(C)S(=O)(=O)Oc1cc(Cl)ccc1C(=O)Nc1cccc(C(F)(F)F)c1. The van der Waals surface area contributed by atoms with Gasteiger partial charge in [0.15, 0.2) is 5.75 Å². The molecule has 2 rings (SSSR count). The molecule has 0 spiro atoms. The molecule has 6 nitrogen and oxygen atoms in total. The summed E-state index contributed by atoms with van der Waals surface area (Å²) < 4.78 is 67.8. The first kappa shape index (κ1) is 21.0. The summed E-state index contributed by atoms with van der Waals surface area (Å²) in [6.07, 6.45) is -4.57. The molecule has 0 fully saturated rings. The van der Waals surface area contributed by atoms with Gasteiger partial charge in [-0.25, -0.2) is 0 Å². The highest BCUT2D eigenvalue weighted by molar-refractivity contribution is 7.84. The highest BCUT2D eigenvalue weighted by atomic mass is 35.5. The van der Waals surface area contributed by atoms with E-state index in [2.05, 4.69) is 5.32 Å². The first-order valence-corrected chi connectivity index (χ1v) is 9.04. The molecule has 0 bridgehead atoms. The van der Waals surface area contributed by atoms with E-state index in [0.717, 1.165) is 28.6 Å². The van der Waals surface area contributed by atoms with Crippen molar-refractivity contribution in [2.24, 2.45) is 0 Å². The molecule has 11 heteroatoms. The fraction of sp³-hybridized carbons (Fsp3) is 0.188. The average Bonchev–Trinajstić information content (AvgIpc) is 2.53. The standard InChI is InChI=1S/C16H14ClF3N2O4S/c1-22(2)27(24,25)26-14-9-11(17)6-7-13(14)15(23)21-12-5-3-4-10(8-12)16(18,19)20/h3-9H,1-2H3,(H,21,23). The van der Waals surface area contributed by atoms with Crippen LogP contribution in [0.4, 0.5) is 18.9 Å². The Morgan fingerprint density at radius 1 is 1.15 bits per heavy atom. The van der Waals surface area contributed by atoms with Crippen LogP contribution >= 0.6 is 11.6 Å². The Labute approximate surface area is 158 Å². The van der Waals surface area contributed by atoms with Crippen molar-refractivity contribution in [3.8, 4) is 5.75 Å². The van der Waals surface area contributed by atoms with Crippen LogP contribution in [0.3, 0.4) is 0 Å². The van der Waals surface area contributed by atoms with Crippen LogP contribution in [-0.2, 0) is 16.5 Å². The fourth-order valence-corrected chi connectivity index (χ4v) is 2.59. The molecule has 1 amide bonds. The lowest BCUT2D eigenvalue weighted by molar-refractivity contribution is -0.137. The quantitative estimate of drug-likeness (QED) is 0.795. The molecule has 0 aromatic heterocycles. The van der Waals surface area contributed by atoms with Crippen LogP contribution in [0.25, 0.3) is 0 Å². The highest BCUT2D eigenvalue weighted by Gasteiger charge is 2.30. The van der Waals surface area contributed by atoms with Crippen molar-refractivity contribution in [3.05, 3.63) is 58.6 Å². The Hall–Kier alpha value is -2.30. The zero-order valence-corrected chi connectivity index (χ0v) is 15.6. The minimum Gasteiger partial charge on any atom is -0.370 e. The summed E-state index contributed by atoms with van der Waals surface area (Å²) in [6.45, 7) is 0. The second kappa shape index (κ2) is 7.75. The maximum absolute atomic E-state index is 12.8. The maximum atomic E-state index is 12.8. The Bertz CT molecular complexity index is 962. The smallest absolute Gasteiger partial charge is 0.370 e. The molecule has 2 aromatic rings. The summed E-state index contributed by atoms with van der Waals surface area (Å²) in [6, 6.07) is 7.64. The van der Waals surface area contributed by atoms with Crippen LogP contribution in [-0.4, -0.2) is 32.7 Å². The van der Waals surface area contributed by atoms with Crippen LogP contribution in [0.15, 0.2) is 42.5 Å². The minimum absolute atomic E-state index is 0.106. The number of carbonyl (C=O) groups excluding carboxylic acids is 1. The largest absolute Gasteiger partial charge is 0.416 e. The second-order valence-corrected chi connectivity index (χ2v) is 7.69. The van der Waals surface area contributed by atoms with Crippen molar-refractivity contribution in [3.63, 3.8) is 0 Å². The number of carbonyl (C=O) groups is 1. The van der Waals surface area contributed by atoms with Gasteiger partial charge in [-0.2, -0.15) is 25.9 Å². The van der Waals surface area contributed by atoms with Crippen LogP contribution < -0.4 is 9.50 Å². The predicted molar refractivity (Wildman–Crippen MR) is 94.1 cm³/mol. The van der Waals surface area contributed by atoms with E-state index in [0.29, 0.717) is 0 Å². The van der Waals surface area contributed by atoms with Crippen molar-refractivity contribution in [2.45, 2.75) is 6.18 Å². The van der Waals surface area contributed by atoms with Gasteiger partial charge in [0.25, 0.3) is 5.91 Å². The van der Waals surface area contributed by atoms with Gasteiger partial charge in [0.1, 0.15) is 0 Å². The molecule has 0 unspecified atom stereocenters. The normalized spacial score (nSPS) is 12.1. The van der Waals surface area contributed by atoms with Gasteiger partial charge in [0.2, 0.25) is 0 Å². The summed E-state index contributed by atoms with van der Waals surface area (Å²) in [5.74, 6) is -1.23. The monoisotopic (exact) mass is 422 g/mol.